The van der Waals surface area contributed by atoms with E-state index in [9.17, 15) is 4.79 Å². The predicted molar refractivity (Wildman–Crippen MR) is 97.1 cm³/mol. The van der Waals surface area contributed by atoms with Gasteiger partial charge in [0.1, 0.15) is 0 Å². The summed E-state index contributed by atoms with van der Waals surface area (Å²) in [5, 5.41) is 1.25. The number of aromatic amines is 2. The van der Waals surface area contributed by atoms with Crippen molar-refractivity contribution in [1.29, 1.82) is 0 Å². The van der Waals surface area contributed by atoms with E-state index < -0.39 is 0 Å². The van der Waals surface area contributed by atoms with Crippen molar-refractivity contribution in [3.63, 3.8) is 0 Å². The molecule has 3 aromatic rings. The minimum atomic E-state index is 0.236. The van der Waals surface area contributed by atoms with E-state index in [-0.39, 0.29) is 5.91 Å². The highest BCUT2D eigenvalue weighted by Gasteiger charge is 2.21. The molecule has 0 spiro atoms. The van der Waals surface area contributed by atoms with E-state index in [0.29, 0.717) is 6.42 Å². The maximum atomic E-state index is 12.3. The maximum Gasteiger partial charge on any atom is 0.223 e. The van der Waals surface area contributed by atoms with Crippen LogP contribution in [0.15, 0.2) is 42.9 Å². The molecule has 4 rings (SSSR count). The van der Waals surface area contributed by atoms with Gasteiger partial charge in [-0.3, -0.25) is 9.69 Å². The van der Waals surface area contributed by atoms with E-state index in [1.54, 1.807) is 12.5 Å². The highest BCUT2D eigenvalue weighted by atomic mass is 16.2. The van der Waals surface area contributed by atoms with Crippen molar-refractivity contribution in [2.75, 3.05) is 26.2 Å². The van der Waals surface area contributed by atoms with Gasteiger partial charge in [-0.1, -0.05) is 18.2 Å². The quantitative estimate of drug-likeness (QED) is 0.750. The Morgan fingerprint density at radius 3 is 2.72 bits per heavy atom. The van der Waals surface area contributed by atoms with Crippen LogP contribution in [0.1, 0.15) is 17.8 Å². The summed E-state index contributed by atoms with van der Waals surface area (Å²) < 4.78 is 0. The topological polar surface area (TPSA) is 68.0 Å². The summed E-state index contributed by atoms with van der Waals surface area (Å²) in [7, 11) is 0. The Labute approximate surface area is 146 Å². The first-order valence-corrected chi connectivity index (χ1v) is 8.82. The van der Waals surface area contributed by atoms with Crippen LogP contribution in [0, 0.1) is 0 Å². The molecule has 1 aromatic carbocycles. The number of nitrogens with zero attached hydrogens (tertiary/aromatic N) is 3. The zero-order chi connectivity index (χ0) is 17.1. The molecule has 3 heterocycles. The lowest BCUT2D eigenvalue weighted by atomic mass is 10.2. The molecular formula is C19H23N5O. The number of piperazine rings is 1. The summed E-state index contributed by atoms with van der Waals surface area (Å²) in [5.74, 6) is 0.236. The van der Waals surface area contributed by atoms with E-state index in [1.807, 2.05) is 4.90 Å². The number of carbonyl (C=O) groups is 1. The minimum Gasteiger partial charge on any atom is -0.357 e. The van der Waals surface area contributed by atoms with Gasteiger partial charge in [0.15, 0.2) is 0 Å². The van der Waals surface area contributed by atoms with Crippen molar-refractivity contribution in [2.45, 2.75) is 19.4 Å². The number of benzene rings is 1. The predicted octanol–water partition coefficient (Wildman–Crippen LogP) is 2.17. The van der Waals surface area contributed by atoms with E-state index in [2.05, 4.69) is 50.2 Å². The molecule has 1 aliphatic heterocycles. The normalized spacial score (nSPS) is 15.8. The summed E-state index contributed by atoms with van der Waals surface area (Å²) >= 11 is 0. The van der Waals surface area contributed by atoms with Gasteiger partial charge in [-0.05, 0) is 23.9 Å². The van der Waals surface area contributed by atoms with Crippen LogP contribution in [0.5, 0.6) is 0 Å². The number of aromatic nitrogens is 3. The van der Waals surface area contributed by atoms with Crippen LogP contribution >= 0.6 is 0 Å². The molecule has 2 N–H and O–H groups in total. The van der Waals surface area contributed by atoms with Crippen molar-refractivity contribution in [3.8, 4) is 0 Å². The number of imidazole rings is 1. The van der Waals surface area contributed by atoms with Crippen LogP contribution in [-0.2, 0) is 17.8 Å². The number of hydrogen-bond acceptors (Lipinski definition) is 3. The zero-order valence-corrected chi connectivity index (χ0v) is 14.2. The van der Waals surface area contributed by atoms with Gasteiger partial charge in [0.2, 0.25) is 5.91 Å². The van der Waals surface area contributed by atoms with Crippen LogP contribution in [0.4, 0.5) is 0 Å². The first kappa shape index (κ1) is 15.9. The molecule has 1 aliphatic rings. The Hall–Kier alpha value is -2.60. The Morgan fingerprint density at radius 1 is 1.12 bits per heavy atom. The average molecular weight is 337 g/mol. The molecule has 0 saturated carbocycles. The second-order valence-electron chi connectivity index (χ2n) is 6.62. The number of rotatable bonds is 5. The Bertz CT molecular complexity index is 798. The molecule has 0 bridgehead atoms. The minimum absolute atomic E-state index is 0.236. The molecule has 0 atom stereocenters. The molecule has 6 nitrogen and oxygen atoms in total. The summed E-state index contributed by atoms with van der Waals surface area (Å²) in [6, 6.07) is 10.6. The van der Waals surface area contributed by atoms with Gasteiger partial charge in [0.05, 0.1) is 6.33 Å². The second kappa shape index (κ2) is 7.11. The summed E-state index contributed by atoms with van der Waals surface area (Å²) in [5.41, 5.74) is 3.44. The number of para-hydroxylation sites is 1. The number of aryl methyl sites for hydroxylation is 1. The fraction of sp³-hybridized carbons (Fsp3) is 0.368. The monoisotopic (exact) mass is 337 g/mol. The Kier molecular flexibility index (Phi) is 4.52. The number of amides is 1. The van der Waals surface area contributed by atoms with Gasteiger partial charge >= 0.3 is 0 Å². The highest BCUT2D eigenvalue weighted by molar-refractivity contribution is 5.80. The Morgan fingerprint density at radius 2 is 1.96 bits per heavy atom. The van der Waals surface area contributed by atoms with Gasteiger partial charge in [0, 0.05) is 62.2 Å². The lowest BCUT2D eigenvalue weighted by molar-refractivity contribution is -0.133. The molecule has 1 fully saturated rings. The third-order valence-corrected chi connectivity index (χ3v) is 4.87. The lowest BCUT2D eigenvalue weighted by Crippen LogP contribution is -2.48. The van der Waals surface area contributed by atoms with Crippen molar-refractivity contribution in [3.05, 3.63) is 54.2 Å². The van der Waals surface area contributed by atoms with E-state index >= 15 is 0 Å². The van der Waals surface area contributed by atoms with Crippen LogP contribution in [0.25, 0.3) is 10.9 Å². The Balaban J connectivity index is 1.27. The van der Waals surface area contributed by atoms with Crippen LogP contribution < -0.4 is 0 Å². The lowest BCUT2D eigenvalue weighted by Gasteiger charge is -2.34. The fourth-order valence-corrected chi connectivity index (χ4v) is 3.44. The number of nitrogens with one attached hydrogen (secondary N) is 2. The molecular weight excluding hydrogens is 314 g/mol. The summed E-state index contributed by atoms with van der Waals surface area (Å²) in [6.45, 7) is 4.37. The van der Waals surface area contributed by atoms with Crippen LogP contribution in [-0.4, -0.2) is 56.8 Å². The van der Waals surface area contributed by atoms with E-state index in [1.165, 1.54) is 16.6 Å². The molecule has 1 amide bonds. The van der Waals surface area contributed by atoms with Crippen molar-refractivity contribution < 1.29 is 4.79 Å². The molecule has 0 aliphatic carbocycles. The van der Waals surface area contributed by atoms with E-state index in [4.69, 9.17) is 0 Å². The molecule has 6 heteroatoms. The smallest absolute Gasteiger partial charge is 0.223 e. The number of fused-ring (bicyclic) bond motifs is 1. The average Bonchev–Trinajstić information content (AvgIpc) is 3.29. The molecule has 0 unspecified atom stereocenters. The van der Waals surface area contributed by atoms with Gasteiger partial charge < -0.3 is 14.9 Å². The third kappa shape index (κ3) is 3.74. The highest BCUT2D eigenvalue weighted by Crippen LogP contribution is 2.17. The number of H-pyrrole nitrogens is 2. The SMILES string of the molecule is O=C(CCc1cnc[nH]1)N1CCN(Cc2cc3ccccc3[nH]2)CC1. The van der Waals surface area contributed by atoms with Gasteiger partial charge in [0.25, 0.3) is 0 Å². The maximum absolute atomic E-state index is 12.3. The first-order chi connectivity index (χ1) is 12.3. The fourth-order valence-electron chi connectivity index (χ4n) is 3.44. The number of hydrogen-bond donors (Lipinski definition) is 2. The van der Waals surface area contributed by atoms with E-state index in [0.717, 1.165) is 44.8 Å². The van der Waals surface area contributed by atoms with Crippen LogP contribution in [0.2, 0.25) is 0 Å². The van der Waals surface area contributed by atoms with Crippen molar-refractivity contribution in [2.24, 2.45) is 0 Å². The standard InChI is InChI=1S/C19H23N5O/c25-19(6-5-16-12-20-14-21-16)24-9-7-23(8-10-24)13-17-11-15-3-1-2-4-18(15)22-17/h1-4,11-12,14,22H,5-10,13H2,(H,20,21). The second-order valence-corrected chi connectivity index (χ2v) is 6.62. The largest absolute Gasteiger partial charge is 0.357 e. The summed E-state index contributed by atoms with van der Waals surface area (Å²) in [4.78, 5) is 27.2. The van der Waals surface area contributed by atoms with Gasteiger partial charge in [-0.15, -0.1) is 0 Å². The van der Waals surface area contributed by atoms with Gasteiger partial charge in [-0.2, -0.15) is 0 Å². The summed E-state index contributed by atoms with van der Waals surface area (Å²) in [6.07, 6.45) is 4.71. The molecule has 2 aromatic heterocycles. The third-order valence-electron chi connectivity index (χ3n) is 4.87. The molecule has 0 radical (unpaired) electrons. The van der Waals surface area contributed by atoms with Crippen molar-refractivity contribution in [1.82, 2.24) is 24.8 Å². The molecule has 25 heavy (non-hydrogen) atoms. The first-order valence-electron chi connectivity index (χ1n) is 8.82. The molecule has 1 saturated heterocycles. The zero-order valence-electron chi connectivity index (χ0n) is 14.2. The van der Waals surface area contributed by atoms with Gasteiger partial charge in [-0.25, -0.2) is 4.98 Å². The van der Waals surface area contributed by atoms with Crippen molar-refractivity contribution >= 4 is 16.8 Å². The van der Waals surface area contributed by atoms with Crippen LogP contribution in [0.3, 0.4) is 0 Å². The molecule has 130 valence electrons. The number of carbonyl (C=O) groups excluding carboxylic acids is 1.